The zero-order chi connectivity index (χ0) is 13.9. The molecule has 0 saturated heterocycles. The highest BCUT2D eigenvalue weighted by Crippen LogP contribution is 2.31. The lowest BCUT2D eigenvalue weighted by Gasteiger charge is -2.26. The van der Waals surface area contributed by atoms with Crippen LogP contribution in [0.5, 0.6) is 0 Å². The number of hydrogen-bond acceptors (Lipinski definition) is 2. The molecule has 0 radical (unpaired) electrons. The Morgan fingerprint density at radius 3 is 3.00 bits per heavy atom. The fraction of sp³-hybridized carbons (Fsp3) is 0.312. The zero-order valence-electron chi connectivity index (χ0n) is 11.1. The standard InChI is InChI=1S/C16H16BrFN2/c17-12-7-8-13(19-9-12)10-20-15-6-2-4-11-3-1-5-14(18)16(11)15/h1,3,5,7-9,15,20H,2,4,6,10H2. The molecule has 0 fully saturated rings. The summed E-state index contributed by atoms with van der Waals surface area (Å²) < 4.78 is 15.0. The van der Waals surface area contributed by atoms with E-state index in [0.29, 0.717) is 6.54 Å². The number of hydrogen-bond donors (Lipinski definition) is 1. The highest BCUT2D eigenvalue weighted by molar-refractivity contribution is 9.10. The van der Waals surface area contributed by atoms with Gasteiger partial charge < -0.3 is 5.32 Å². The van der Waals surface area contributed by atoms with Crippen LogP contribution >= 0.6 is 15.9 Å². The van der Waals surface area contributed by atoms with Crippen LogP contribution < -0.4 is 5.32 Å². The van der Waals surface area contributed by atoms with Crippen molar-refractivity contribution >= 4 is 15.9 Å². The maximum atomic E-state index is 14.0. The Hall–Kier alpha value is -1.26. The zero-order valence-corrected chi connectivity index (χ0v) is 12.7. The second-order valence-electron chi connectivity index (χ2n) is 5.11. The van der Waals surface area contributed by atoms with E-state index in [-0.39, 0.29) is 11.9 Å². The summed E-state index contributed by atoms with van der Waals surface area (Å²) in [4.78, 5) is 4.34. The van der Waals surface area contributed by atoms with Gasteiger partial charge in [0.25, 0.3) is 0 Å². The molecular formula is C16H16BrFN2. The molecular weight excluding hydrogens is 319 g/mol. The van der Waals surface area contributed by atoms with Crippen LogP contribution in [0.25, 0.3) is 0 Å². The topological polar surface area (TPSA) is 24.9 Å². The van der Waals surface area contributed by atoms with Gasteiger partial charge in [-0.25, -0.2) is 4.39 Å². The summed E-state index contributed by atoms with van der Waals surface area (Å²) >= 11 is 3.37. The van der Waals surface area contributed by atoms with Crippen LogP contribution in [0.15, 0.2) is 41.0 Å². The van der Waals surface area contributed by atoms with E-state index in [1.807, 2.05) is 18.2 Å². The number of rotatable bonds is 3. The molecule has 0 saturated carbocycles. The van der Waals surface area contributed by atoms with Crippen molar-refractivity contribution in [2.45, 2.75) is 31.8 Å². The van der Waals surface area contributed by atoms with Crippen molar-refractivity contribution in [2.24, 2.45) is 0 Å². The minimum absolute atomic E-state index is 0.0883. The highest BCUT2D eigenvalue weighted by Gasteiger charge is 2.22. The molecule has 1 N–H and O–H groups in total. The Kier molecular flexibility index (Phi) is 4.13. The van der Waals surface area contributed by atoms with Crippen molar-refractivity contribution in [1.82, 2.24) is 10.3 Å². The summed E-state index contributed by atoms with van der Waals surface area (Å²) in [6, 6.07) is 9.42. The predicted molar refractivity (Wildman–Crippen MR) is 80.9 cm³/mol. The monoisotopic (exact) mass is 334 g/mol. The van der Waals surface area contributed by atoms with E-state index in [4.69, 9.17) is 0 Å². The summed E-state index contributed by atoms with van der Waals surface area (Å²) in [6.45, 7) is 0.658. The van der Waals surface area contributed by atoms with Gasteiger partial charge in [0.1, 0.15) is 5.82 Å². The first-order valence-corrected chi connectivity index (χ1v) is 7.64. The fourth-order valence-corrected chi connectivity index (χ4v) is 3.01. The van der Waals surface area contributed by atoms with Gasteiger partial charge in [-0.2, -0.15) is 0 Å². The molecule has 1 aliphatic carbocycles. The molecule has 4 heteroatoms. The molecule has 0 spiro atoms. The third-order valence-electron chi connectivity index (χ3n) is 3.75. The van der Waals surface area contributed by atoms with Gasteiger partial charge in [0.05, 0.1) is 5.69 Å². The van der Waals surface area contributed by atoms with E-state index in [0.717, 1.165) is 40.6 Å². The molecule has 1 aromatic heterocycles. The SMILES string of the molecule is Fc1cccc2c1C(NCc1ccc(Br)cn1)CCC2. The van der Waals surface area contributed by atoms with E-state index in [1.54, 1.807) is 18.3 Å². The first-order valence-electron chi connectivity index (χ1n) is 6.85. The van der Waals surface area contributed by atoms with Crippen molar-refractivity contribution in [3.8, 4) is 0 Å². The van der Waals surface area contributed by atoms with E-state index < -0.39 is 0 Å². The molecule has 104 valence electrons. The van der Waals surface area contributed by atoms with E-state index in [9.17, 15) is 4.39 Å². The summed E-state index contributed by atoms with van der Waals surface area (Å²) in [6.07, 6.45) is 4.83. The Bertz CT molecular complexity index is 598. The number of nitrogens with one attached hydrogen (secondary N) is 1. The van der Waals surface area contributed by atoms with Gasteiger partial charge >= 0.3 is 0 Å². The van der Waals surface area contributed by atoms with Crippen LogP contribution in [0.2, 0.25) is 0 Å². The Balaban J connectivity index is 1.75. The summed E-state index contributed by atoms with van der Waals surface area (Å²) in [5, 5.41) is 3.44. The van der Waals surface area contributed by atoms with Gasteiger partial charge in [0, 0.05) is 28.8 Å². The third-order valence-corrected chi connectivity index (χ3v) is 4.22. The number of aromatic nitrogens is 1. The first kappa shape index (κ1) is 13.7. The molecule has 0 aliphatic heterocycles. The van der Waals surface area contributed by atoms with E-state index in [1.165, 1.54) is 0 Å². The predicted octanol–water partition coefficient (Wildman–Crippen LogP) is 4.15. The third kappa shape index (κ3) is 2.91. The molecule has 2 aromatic rings. The minimum Gasteiger partial charge on any atom is -0.304 e. The number of benzene rings is 1. The first-order chi connectivity index (χ1) is 9.74. The van der Waals surface area contributed by atoms with Crippen molar-refractivity contribution in [3.63, 3.8) is 0 Å². The quantitative estimate of drug-likeness (QED) is 0.911. The van der Waals surface area contributed by atoms with Crippen LogP contribution in [0, 0.1) is 5.82 Å². The van der Waals surface area contributed by atoms with Gasteiger partial charge in [0.15, 0.2) is 0 Å². The lowest BCUT2D eigenvalue weighted by molar-refractivity contribution is 0.433. The number of halogens is 2. The van der Waals surface area contributed by atoms with Crippen LogP contribution in [0.1, 0.15) is 35.7 Å². The Morgan fingerprint density at radius 1 is 1.30 bits per heavy atom. The molecule has 1 atom stereocenters. The van der Waals surface area contributed by atoms with Gasteiger partial charge in [-0.3, -0.25) is 4.98 Å². The molecule has 3 rings (SSSR count). The summed E-state index contributed by atoms with van der Waals surface area (Å²) in [5.41, 5.74) is 2.95. The number of aryl methyl sites for hydroxylation is 1. The van der Waals surface area contributed by atoms with Crippen molar-refractivity contribution in [3.05, 3.63) is 63.6 Å². The van der Waals surface area contributed by atoms with Gasteiger partial charge in [-0.1, -0.05) is 12.1 Å². The van der Waals surface area contributed by atoms with Crippen molar-refractivity contribution in [1.29, 1.82) is 0 Å². The molecule has 0 bridgehead atoms. The molecule has 2 nitrogen and oxygen atoms in total. The van der Waals surface area contributed by atoms with Crippen LogP contribution in [0.3, 0.4) is 0 Å². The largest absolute Gasteiger partial charge is 0.304 e. The number of pyridine rings is 1. The second kappa shape index (κ2) is 6.02. The average molecular weight is 335 g/mol. The van der Waals surface area contributed by atoms with Crippen LogP contribution in [0.4, 0.5) is 4.39 Å². The fourth-order valence-electron chi connectivity index (χ4n) is 2.77. The Labute approximate surface area is 126 Å². The molecule has 0 amide bonds. The van der Waals surface area contributed by atoms with Gasteiger partial charge in [-0.05, 0) is 59.0 Å². The summed E-state index contributed by atoms with van der Waals surface area (Å²) in [5.74, 6) is -0.0940. The smallest absolute Gasteiger partial charge is 0.128 e. The maximum absolute atomic E-state index is 14.0. The average Bonchev–Trinajstić information content (AvgIpc) is 2.47. The maximum Gasteiger partial charge on any atom is 0.128 e. The molecule has 20 heavy (non-hydrogen) atoms. The van der Waals surface area contributed by atoms with Crippen molar-refractivity contribution in [2.75, 3.05) is 0 Å². The second-order valence-corrected chi connectivity index (χ2v) is 6.02. The summed E-state index contributed by atoms with van der Waals surface area (Å²) in [7, 11) is 0. The minimum atomic E-state index is -0.0940. The lowest BCUT2D eigenvalue weighted by Crippen LogP contribution is -2.26. The van der Waals surface area contributed by atoms with Crippen molar-refractivity contribution < 1.29 is 4.39 Å². The highest BCUT2D eigenvalue weighted by atomic mass is 79.9. The normalized spacial score (nSPS) is 17.8. The van der Waals surface area contributed by atoms with Gasteiger partial charge in [-0.15, -0.1) is 0 Å². The molecule has 1 heterocycles. The molecule has 1 unspecified atom stereocenters. The van der Waals surface area contributed by atoms with Crippen LogP contribution in [-0.2, 0) is 13.0 Å². The molecule has 1 aromatic carbocycles. The van der Waals surface area contributed by atoms with Crippen LogP contribution in [-0.4, -0.2) is 4.98 Å². The van der Waals surface area contributed by atoms with E-state index in [2.05, 4.69) is 26.2 Å². The Morgan fingerprint density at radius 2 is 2.20 bits per heavy atom. The number of nitrogens with zero attached hydrogens (tertiary/aromatic N) is 1. The van der Waals surface area contributed by atoms with Gasteiger partial charge in [0.2, 0.25) is 0 Å². The lowest BCUT2D eigenvalue weighted by atomic mass is 9.87. The van der Waals surface area contributed by atoms with E-state index >= 15 is 0 Å². The molecule has 1 aliphatic rings. The number of fused-ring (bicyclic) bond motifs is 1.